The number of aromatic nitrogens is 1. The molecule has 0 aliphatic heterocycles. The van der Waals surface area contributed by atoms with Crippen molar-refractivity contribution in [2.75, 3.05) is 6.26 Å². The Labute approximate surface area is 152 Å². The van der Waals surface area contributed by atoms with Crippen LogP contribution in [0, 0.1) is 0 Å². The molecule has 0 aliphatic carbocycles. The Balaban J connectivity index is 2.69. The number of carbonyl (C=O) groups is 1. The lowest BCUT2D eigenvalue weighted by Crippen LogP contribution is -2.19. The van der Waals surface area contributed by atoms with E-state index >= 15 is 0 Å². The highest BCUT2D eigenvalue weighted by Gasteiger charge is 2.29. The Bertz CT molecular complexity index is 757. The molecule has 0 fully saturated rings. The summed E-state index contributed by atoms with van der Waals surface area (Å²) in [4.78, 5) is 16.4. The summed E-state index contributed by atoms with van der Waals surface area (Å²) in [6.45, 7) is 12.0. The van der Waals surface area contributed by atoms with Gasteiger partial charge in [-0.2, -0.15) is 0 Å². The molecule has 2 aromatic rings. The van der Waals surface area contributed by atoms with E-state index in [0.717, 1.165) is 11.1 Å². The first-order chi connectivity index (χ1) is 11.3. The van der Waals surface area contributed by atoms with Crippen LogP contribution < -0.4 is 0 Å². The SMILES string of the molecule is C[S+]([O-])c1c[nH]cc1C(=O)c1cc(C(C)(C)C)c(O)c(C(C)(C)C)c1. The Morgan fingerprint density at radius 2 is 1.52 bits per heavy atom. The van der Waals surface area contributed by atoms with Crippen molar-refractivity contribution in [1.29, 1.82) is 0 Å². The Hall–Kier alpha value is -1.72. The zero-order chi connectivity index (χ0) is 19.2. The fraction of sp³-hybridized carbons (Fsp3) is 0.450. The summed E-state index contributed by atoms with van der Waals surface area (Å²) in [6, 6.07) is 3.50. The maximum absolute atomic E-state index is 13.1. The number of aromatic amines is 1. The molecule has 5 heteroatoms. The van der Waals surface area contributed by atoms with Crippen molar-refractivity contribution in [2.24, 2.45) is 0 Å². The number of nitrogens with one attached hydrogen (secondary N) is 1. The van der Waals surface area contributed by atoms with Crippen molar-refractivity contribution in [3.8, 4) is 5.75 Å². The molecule has 2 N–H and O–H groups in total. The Kier molecular flexibility index (Phi) is 5.13. The maximum Gasteiger partial charge on any atom is 0.199 e. The van der Waals surface area contributed by atoms with Crippen LogP contribution in [0.2, 0.25) is 0 Å². The number of carbonyl (C=O) groups excluding carboxylic acids is 1. The van der Waals surface area contributed by atoms with Crippen molar-refractivity contribution in [2.45, 2.75) is 57.3 Å². The molecule has 1 aromatic carbocycles. The standard InChI is InChI=1S/C20H27NO3S/c1-19(2,3)14-8-12(9-15(18(14)23)20(4,5)6)17(22)13-10-21-11-16(13)25(7)24/h8-11,21,23H,1-7H3. The smallest absolute Gasteiger partial charge is 0.199 e. The van der Waals surface area contributed by atoms with E-state index in [1.807, 2.05) is 41.5 Å². The van der Waals surface area contributed by atoms with Crippen LogP contribution in [0.1, 0.15) is 68.6 Å². The van der Waals surface area contributed by atoms with Gasteiger partial charge in [0.25, 0.3) is 0 Å². The molecule has 0 spiro atoms. The summed E-state index contributed by atoms with van der Waals surface area (Å²) in [7, 11) is 0. The largest absolute Gasteiger partial charge is 0.612 e. The van der Waals surface area contributed by atoms with Crippen LogP contribution in [0.25, 0.3) is 0 Å². The predicted molar refractivity (Wildman–Crippen MR) is 102 cm³/mol. The molecule has 136 valence electrons. The maximum atomic E-state index is 13.1. The lowest BCUT2D eigenvalue weighted by Gasteiger charge is -2.28. The fourth-order valence-corrected chi connectivity index (χ4v) is 3.52. The van der Waals surface area contributed by atoms with Crippen LogP contribution in [-0.2, 0) is 22.0 Å². The molecular weight excluding hydrogens is 334 g/mol. The van der Waals surface area contributed by atoms with Gasteiger partial charge in [-0.05, 0) is 34.1 Å². The molecule has 1 aromatic heterocycles. The lowest BCUT2D eigenvalue weighted by molar-refractivity contribution is 0.103. The van der Waals surface area contributed by atoms with E-state index in [4.69, 9.17) is 0 Å². The highest BCUT2D eigenvalue weighted by molar-refractivity contribution is 7.90. The molecular formula is C20H27NO3S. The van der Waals surface area contributed by atoms with Crippen LogP contribution in [0.3, 0.4) is 0 Å². The Morgan fingerprint density at radius 1 is 1.04 bits per heavy atom. The molecule has 1 unspecified atom stereocenters. The minimum atomic E-state index is -1.25. The predicted octanol–water partition coefficient (Wildman–Crippen LogP) is 4.28. The summed E-state index contributed by atoms with van der Waals surface area (Å²) >= 11 is -1.25. The highest BCUT2D eigenvalue weighted by Crippen LogP contribution is 2.40. The van der Waals surface area contributed by atoms with Gasteiger partial charge in [0.15, 0.2) is 10.7 Å². The van der Waals surface area contributed by atoms with E-state index < -0.39 is 11.2 Å². The van der Waals surface area contributed by atoms with Gasteiger partial charge in [0.2, 0.25) is 0 Å². The topological polar surface area (TPSA) is 76.1 Å². The summed E-state index contributed by atoms with van der Waals surface area (Å²) in [5, 5.41) is 10.8. The van der Waals surface area contributed by atoms with Crippen molar-refractivity contribution in [1.82, 2.24) is 4.98 Å². The number of rotatable bonds is 3. The van der Waals surface area contributed by atoms with Gasteiger partial charge in [-0.1, -0.05) is 41.5 Å². The lowest BCUT2D eigenvalue weighted by atomic mass is 9.78. The molecule has 1 atom stereocenters. The van der Waals surface area contributed by atoms with Gasteiger partial charge in [0.05, 0.1) is 11.8 Å². The molecule has 0 saturated heterocycles. The van der Waals surface area contributed by atoms with Crippen molar-refractivity contribution < 1.29 is 14.5 Å². The molecule has 0 amide bonds. The number of phenolic OH excluding ortho intramolecular Hbond substituents is 1. The summed E-state index contributed by atoms with van der Waals surface area (Å²) in [5.74, 6) is 0.0485. The van der Waals surface area contributed by atoms with Gasteiger partial charge < -0.3 is 14.6 Å². The number of aromatic hydroxyl groups is 1. The van der Waals surface area contributed by atoms with Crippen LogP contribution in [-0.4, -0.2) is 26.7 Å². The number of ketones is 1. The van der Waals surface area contributed by atoms with E-state index in [0.29, 0.717) is 16.0 Å². The summed E-state index contributed by atoms with van der Waals surface area (Å²) in [5.41, 5.74) is 1.75. The van der Waals surface area contributed by atoms with Crippen molar-refractivity contribution in [3.05, 3.63) is 46.8 Å². The first kappa shape index (κ1) is 19.6. The third kappa shape index (κ3) is 3.93. The van der Waals surface area contributed by atoms with Gasteiger partial charge in [-0.25, -0.2) is 0 Å². The number of hydrogen-bond acceptors (Lipinski definition) is 3. The summed E-state index contributed by atoms with van der Waals surface area (Å²) in [6.07, 6.45) is 4.73. The quantitative estimate of drug-likeness (QED) is 0.633. The molecule has 0 radical (unpaired) electrons. The van der Waals surface area contributed by atoms with Gasteiger partial charge in [-0.15, -0.1) is 0 Å². The molecule has 25 heavy (non-hydrogen) atoms. The van der Waals surface area contributed by atoms with Crippen molar-refractivity contribution in [3.63, 3.8) is 0 Å². The van der Waals surface area contributed by atoms with Gasteiger partial charge in [0, 0.05) is 22.9 Å². The second kappa shape index (κ2) is 6.54. The van der Waals surface area contributed by atoms with E-state index in [2.05, 4.69) is 4.98 Å². The first-order valence-electron chi connectivity index (χ1n) is 8.27. The average Bonchev–Trinajstić information content (AvgIpc) is 2.93. The summed E-state index contributed by atoms with van der Waals surface area (Å²) < 4.78 is 11.9. The molecule has 0 saturated carbocycles. The third-order valence-corrected chi connectivity index (χ3v) is 5.21. The van der Waals surface area contributed by atoms with Gasteiger partial charge >= 0.3 is 0 Å². The van der Waals surface area contributed by atoms with Crippen molar-refractivity contribution >= 4 is 17.0 Å². The Morgan fingerprint density at radius 3 is 1.92 bits per heavy atom. The van der Waals surface area contributed by atoms with Crippen LogP contribution in [0.5, 0.6) is 5.75 Å². The number of benzene rings is 1. The van der Waals surface area contributed by atoms with E-state index in [1.54, 1.807) is 30.8 Å². The molecule has 0 aliphatic rings. The molecule has 1 heterocycles. The zero-order valence-electron chi connectivity index (χ0n) is 16.0. The minimum absolute atomic E-state index is 0.192. The molecule has 2 rings (SSSR count). The first-order valence-corrected chi connectivity index (χ1v) is 9.82. The second-order valence-corrected chi connectivity index (χ2v) is 9.78. The normalized spacial score (nSPS) is 13.8. The highest BCUT2D eigenvalue weighted by atomic mass is 32.2. The van der Waals surface area contributed by atoms with Crippen LogP contribution in [0.15, 0.2) is 29.4 Å². The van der Waals surface area contributed by atoms with E-state index in [-0.39, 0.29) is 22.4 Å². The number of phenols is 1. The number of H-pyrrole nitrogens is 1. The molecule has 4 nitrogen and oxygen atoms in total. The van der Waals surface area contributed by atoms with Crippen LogP contribution >= 0.6 is 0 Å². The minimum Gasteiger partial charge on any atom is -0.612 e. The van der Waals surface area contributed by atoms with Gasteiger partial charge in [-0.3, -0.25) is 4.79 Å². The fourth-order valence-electron chi connectivity index (χ4n) is 2.83. The van der Waals surface area contributed by atoms with E-state index in [9.17, 15) is 14.5 Å². The second-order valence-electron chi connectivity index (χ2n) is 8.44. The third-order valence-electron chi connectivity index (χ3n) is 4.25. The van der Waals surface area contributed by atoms with Gasteiger partial charge in [0.1, 0.15) is 12.0 Å². The van der Waals surface area contributed by atoms with E-state index in [1.165, 1.54) is 0 Å². The number of hydrogen-bond donors (Lipinski definition) is 2. The average molecular weight is 362 g/mol. The zero-order valence-corrected chi connectivity index (χ0v) is 16.8. The monoisotopic (exact) mass is 361 g/mol. The van der Waals surface area contributed by atoms with Crippen LogP contribution in [0.4, 0.5) is 0 Å². The molecule has 0 bridgehead atoms.